The van der Waals surface area contributed by atoms with E-state index >= 15 is 0 Å². The maximum atomic E-state index is 12.8. The van der Waals surface area contributed by atoms with Gasteiger partial charge in [0.15, 0.2) is 11.5 Å². The van der Waals surface area contributed by atoms with E-state index < -0.39 is 21.8 Å². The molecule has 1 aromatic carbocycles. The van der Waals surface area contributed by atoms with Crippen LogP contribution in [0, 0.1) is 6.92 Å². The lowest BCUT2D eigenvalue weighted by Gasteiger charge is -2.34. The maximum absolute atomic E-state index is 12.8. The van der Waals surface area contributed by atoms with Crippen LogP contribution in [0.15, 0.2) is 41.3 Å². The molecule has 1 aliphatic heterocycles. The minimum atomic E-state index is -4.51. The minimum Gasteiger partial charge on any atom is -0.353 e. The van der Waals surface area contributed by atoms with Gasteiger partial charge in [-0.1, -0.05) is 0 Å². The molecule has 0 atom stereocenters. The Bertz CT molecular complexity index is 1140. The van der Waals surface area contributed by atoms with Crippen molar-refractivity contribution in [2.75, 3.05) is 31.1 Å². The average Bonchev–Trinajstić information content (AvgIpc) is 3.08. The summed E-state index contributed by atoms with van der Waals surface area (Å²) in [6.07, 6.45) is -4.51. The van der Waals surface area contributed by atoms with Crippen LogP contribution in [0.2, 0.25) is 0 Å². The summed E-state index contributed by atoms with van der Waals surface area (Å²) >= 11 is 0. The summed E-state index contributed by atoms with van der Waals surface area (Å²) in [7, 11) is -3.87. The van der Waals surface area contributed by atoms with Crippen molar-refractivity contribution in [2.24, 2.45) is 0 Å². The number of halogens is 3. The number of hydrogen-bond acceptors (Lipinski definition) is 6. The third-order valence-corrected chi connectivity index (χ3v) is 6.70. The summed E-state index contributed by atoms with van der Waals surface area (Å²) in [6, 6.07) is 7.13. The molecule has 154 valence electrons. The Morgan fingerprint density at radius 1 is 0.931 bits per heavy atom. The molecule has 0 aliphatic carbocycles. The van der Waals surface area contributed by atoms with Crippen molar-refractivity contribution in [3.05, 3.63) is 47.8 Å². The van der Waals surface area contributed by atoms with Crippen LogP contribution < -0.4 is 4.90 Å². The second-order valence-electron chi connectivity index (χ2n) is 6.62. The van der Waals surface area contributed by atoms with Crippen LogP contribution in [0.3, 0.4) is 0 Å². The van der Waals surface area contributed by atoms with Gasteiger partial charge in [0.2, 0.25) is 10.0 Å². The molecule has 0 bridgehead atoms. The van der Waals surface area contributed by atoms with Gasteiger partial charge < -0.3 is 4.90 Å². The fourth-order valence-electron chi connectivity index (χ4n) is 3.18. The zero-order chi connectivity index (χ0) is 20.8. The van der Waals surface area contributed by atoms with Gasteiger partial charge in [-0.25, -0.2) is 8.42 Å². The van der Waals surface area contributed by atoms with Crippen molar-refractivity contribution < 1.29 is 21.6 Å². The molecular formula is C17H17F3N6O2S. The molecule has 1 saturated heterocycles. The lowest BCUT2D eigenvalue weighted by molar-refractivity contribution is -0.137. The average molecular weight is 426 g/mol. The molecule has 2 aromatic heterocycles. The highest BCUT2D eigenvalue weighted by Gasteiger charge is 2.32. The zero-order valence-electron chi connectivity index (χ0n) is 15.3. The highest BCUT2D eigenvalue weighted by molar-refractivity contribution is 7.89. The van der Waals surface area contributed by atoms with E-state index in [1.807, 2.05) is 4.90 Å². The number of rotatable bonds is 3. The molecular weight excluding hydrogens is 409 g/mol. The molecule has 0 saturated carbocycles. The first-order chi connectivity index (χ1) is 13.7. The standard InChI is InChI=1S/C17H17F3N6O2S/c1-12-21-22-15-6-7-16(23-26(12)15)24-8-10-25(11-9-24)29(27,28)14-4-2-13(3-5-14)17(18,19)20/h2-7H,8-11H2,1H3. The number of sulfonamides is 1. The van der Waals surface area contributed by atoms with E-state index in [-0.39, 0.29) is 18.0 Å². The highest BCUT2D eigenvalue weighted by Crippen LogP contribution is 2.30. The number of piperazine rings is 1. The molecule has 0 spiro atoms. The van der Waals surface area contributed by atoms with Crippen molar-refractivity contribution in [1.82, 2.24) is 24.1 Å². The van der Waals surface area contributed by atoms with Gasteiger partial charge in [0.05, 0.1) is 10.5 Å². The molecule has 0 unspecified atom stereocenters. The van der Waals surface area contributed by atoms with Crippen LogP contribution >= 0.6 is 0 Å². The Hall–Kier alpha value is -2.73. The first-order valence-electron chi connectivity index (χ1n) is 8.78. The number of aryl methyl sites for hydroxylation is 1. The molecule has 0 N–H and O–H groups in total. The number of aromatic nitrogens is 4. The van der Waals surface area contributed by atoms with Gasteiger partial charge in [0, 0.05) is 26.2 Å². The number of benzene rings is 1. The Balaban J connectivity index is 1.48. The molecule has 1 fully saturated rings. The molecule has 1 aliphatic rings. The van der Waals surface area contributed by atoms with Crippen molar-refractivity contribution in [2.45, 2.75) is 18.0 Å². The molecule has 3 heterocycles. The first kappa shape index (κ1) is 19.6. The second-order valence-corrected chi connectivity index (χ2v) is 8.56. The fraction of sp³-hybridized carbons (Fsp3) is 0.353. The van der Waals surface area contributed by atoms with E-state index in [4.69, 9.17) is 0 Å². The maximum Gasteiger partial charge on any atom is 0.416 e. The predicted octanol–water partition coefficient (Wildman–Crippen LogP) is 1.96. The Morgan fingerprint density at radius 3 is 2.21 bits per heavy atom. The summed E-state index contributed by atoms with van der Waals surface area (Å²) in [4.78, 5) is 1.79. The summed E-state index contributed by atoms with van der Waals surface area (Å²) in [5, 5.41) is 12.4. The Kier molecular flexibility index (Phi) is 4.69. The first-order valence-corrected chi connectivity index (χ1v) is 10.2. The van der Waals surface area contributed by atoms with Crippen molar-refractivity contribution in [3.63, 3.8) is 0 Å². The van der Waals surface area contributed by atoms with Gasteiger partial charge in [-0.2, -0.15) is 22.0 Å². The second kappa shape index (κ2) is 6.95. The molecule has 0 amide bonds. The Labute approximate surface area is 164 Å². The van der Waals surface area contributed by atoms with Crippen molar-refractivity contribution in [3.8, 4) is 0 Å². The van der Waals surface area contributed by atoms with Gasteiger partial charge >= 0.3 is 6.18 Å². The highest BCUT2D eigenvalue weighted by atomic mass is 32.2. The summed E-state index contributed by atoms with van der Waals surface area (Å²) < 4.78 is 66.5. The fourth-order valence-corrected chi connectivity index (χ4v) is 4.60. The van der Waals surface area contributed by atoms with E-state index in [9.17, 15) is 21.6 Å². The molecule has 29 heavy (non-hydrogen) atoms. The lowest BCUT2D eigenvalue weighted by Crippen LogP contribution is -2.49. The number of anilines is 1. The molecule has 12 heteroatoms. The quantitative estimate of drug-likeness (QED) is 0.637. The number of hydrogen-bond donors (Lipinski definition) is 0. The number of nitrogens with zero attached hydrogens (tertiary/aromatic N) is 6. The van der Waals surface area contributed by atoms with Gasteiger partial charge in [-0.3, -0.25) is 0 Å². The van der Waals surface area contributed by atoms with E-state index in [2.05, 4.69) is 15.3 Å². The Morgan fingerprint density at radius 2 is 1.59 bits per heavy atom. The smallest absolute Gasteiger partial charge is 0.353 e. The SMILES string of the molecule is Cc1nnc2ccc(N3CCN(S(=O)(=O)c4ccc(C(F)(F)F)cc4)CC3)nn12. The largest absolute Gasteiger partial charge is 0.416 e. The summed E-state index contributed by atoms with van der Waals surface area (Å²) in [6.45, 7) is 2.99. The van der Waals surface area contributed by atoms with Crippen LogP contribution in [-0.2, 0) is 16.2 Å². The van der Waals surface area contributed by atoms with Gasteiger partial charge in [0.25, 0.3) is 0 Å². The lowest BCUT2D eigenvalue weighted by atomic mass is 10.2. The van der Waals surface area contributed by atoms with E-state index in [1.54, 1.807) is 23.6 Å². The van der Waals surface area contributed by atoms with Crippen LogP contribution in [0.5, 0.6) is 0 Å². The monoisotopic (exact) mass is 426 g/mol. The van der Waals surface area contributed by atoms with Crippen LogP contribution in [0.1, 0.15) is 11.4 Å². The van der Waals surface area contributed by atoms with Crippen molar-refractivity contribution >= 4 is 21.5 Å². The third-order valence-electron chi connectivity index (χ3n) is 4.79. The van der Waals surface area contributed by atoms with Crippen LogP contribution in [0.25, 0.3) is 5.65 Å². The third kappa shape index (κ3) is 3.65. The summed E-state index contributed by atoms with van der Waals surface area (Å²) in [5.41, 5.74) is -0.262. The van der Waals surface area contributed by atoms with Gasteiger partial charge in [-0.05, 0) is 43.3 Å². The van der Waals surface area contributed by atoms with Crippen LogP contribution in [-0.4, -0.2) is 58.7 Å². The molecule has 0 radical (unpaired) electrons. The van der Waals surface area contributed by atoms with E-state index in [0.29, 0.717) is 30.4 Å². The topological polar surface area (TPSA) is 83.7 Å². The zero-order valence-corrected chi connectivity index (χ0v) is 16.2. The minimum absolute atomic E-state index is 0.154. The van der Waals surface area contributed by atoms with Crippen LogP contribution in [0.4, 0.5) is 19.0 Å². The molecule has 4 rings (SSSR count). The number of fused-ring (bicyclic) bond motifs is 1. The van der Waals surface area contributed by atoms with E-state index in [1.165, 1.54) is 4.31 Å². The van der Waals surface area contributed by atoms with Crippen molar-refractivity contribution in [1.29, 1.82) is 0 Å². The van der Waals surface area contributed by atoms with E-state index in [0.717, 1.165) is 24.3 Å². The predicted molar refractivity (Wildman–Crippen MR) is 97.9 cm³/mol. The van der Waals surface area contributed by atoms with Gasteiger partial charge in [0.1, 0.15) is 5.82 Å². The molecule has 8 nitrogen and oxygen atoms in total. The number of alkyl halides is 3. The molecule has 3 aromatic rings. The summed E-state index contributed by atoms with van der Waals surface area (Å²) in [5.74, 6) is 1.32. The normalized spacial score (nSPS) is 16.5. The van der Waals surface area contributed by atoms with Gasteiger partial charge in [-0.15, -0.1) is 15.3 Å².